The number of halogens is 2. The molecule has 5 rings (SSSR count). The van der Waals surface area contributed by atoms with Crippen molar-refractivity contribution >= 4 is 34.7 Å². The first-order chi connectivity index (χ1) is 15.4. The first kappa shape index (κ1) is 20.1. The van der Waals surface area contributed by atoms with Crippen LogP contribution in [0.1, 0.15) is 17.2 Å². The zero-order chi connectivity index (χ0) is 22.4. The van der Waals surface area contributed by atoms with Crippen LogP contribution in [0.15, 0.2) is 72.3 Å². The number of Topliss-reactive ketones (excluding diaryl/α,β-unsaturated/α-hetero) is 1. The number of hydrogen-bond acceptors (Lipinski definition) is 5. The van der Waals surface area contributed by atoms with E-state index in [4.69, 9.17) is 21.1 Å². The van der Waals surface area contributed by atoms with E-state index in [2.05, 4.69) is 0 Å². The van der Waals surface area contributed by atoms with Gasteiger partial charge in [0.05, 0.1) is 11.6 Å². The average molecular weight is 452 g/mol. The van der Waals surface area contributed by atoms with Gasteiger partial charge in [0.25, 0.3) is 11.7 Å². The number of ether oxygens (including phenoxy) is 2. The summed E-state index contributed by atoms with van der Waals surface area (Å²) >= 11 is 6.03. The number of carbonyl (C=O) groups excluding carboxylic acids is 2. The highest BCUT2D eigenvalue weighted by atomic mass is 35.5. The van der Waals surface area contributed by atoms with Gasteiger partial charge in [-0.05, 0) is 54.1 Å². The van der Waals surface area contributed by atoms with E-state index in [-0.39, 0.29) is 17.9 Å². The molecular formula is C24H15ClFNO5. The molecule has 6 nitrogen and oxygen atoms in total. The van der Waals surface area contributed by atoms with Gasteiger partial charge in [-0.1, -0.05) is 23.7 Å². The molecule has 0 radical (unpaired) electrons. The summed E-state index contributed by atoms with van der Waals surface area (Å²) in [6.45, 7) is 0.0583. The van der Waals surface area contributed by atoms with Crippen LogP contribution in [0.3, 0.4) is 0 Å². The Bertz CT molecular complexity index is 1270. The number of fused-ring (bicyclic) bond motifs is 1. The van der Waals surface area contributed by atoms with Gasteiger partial charge in [-0.15, -0.1) is 0 Å². The van der Waals surface area contributed by atoms with E-state index in [1.165, 1.54) is 29.2 Å². The topological polar surface area (TPSA) is 76.1 Å². The molecule has 32 heavy (non-hydrogen) atoms. The van der Waals surface area contributed by atoms with E-state index >= 15 is 0 Å². The number of rotatable bonds is 3. The third-order valence-corrected chi connectivity index (χ3v) is 5.63. The molecule has 2 aliphatic rings. The normalized spacial score (nSPS) is 18.9. The Morgan fingerprint density at radius 3 is 2.38 bits per heavy atom. The molecule has 0 aliphatic carbocycles. The number of hydrogen-bond donors (Lipinski definition) is 1. The highest BCUT2D eigenvalue weighted by Gasteiger charge is 2.47. The SMILES string of the molecule is O=C1C(=O)N(c2ccc3c(c2)OCO3)C(c2ccc(Cl)cc2)/C1=C(\O)c1ccc(F)cc1. The summed E-state index contributed by atoms with van der Waals surface area (Å²) in [6, 6.07) is 15.6. The van der Waals surface area contributed by atoms with Gasteiger partial charge >= 0.3 is 0 Å². The molecule has 2 heterocycles. The van der Waals surface area contributed by atoms with Crippen molar-refractivity contribution in [2.75, 3.05) is 11.7 Å². The van der Waals surface area contributed by atoms with Crippen LogP contribution in [0.4, 0.5) is 10.1 Å². The second kappa shape index (κ2) is 7.69. The molecular weight excluding hydrogens is 437 g/mol. The smallest absolute Gasteiger partial charge is 0.300 e. The second-order valence-electron chi connectivity index (χ2n) is 7.27. The van der Waals surface area contributed by atoms with Crippen LogP contribution in [-0.2, 0) is 9.59 Å². The zero-order valence-corrected chi connectivity index (χ0v) is 17.2. The van der Waals surface area contributed by atoms with E-state index in [0.29, 0.717) is 27.8 Å². The molecule has 160 valence electrons. The van der Waals surface area contributed by atoms with E-state index in [1.807, 2.05) is 0 Å². The van der Waals surface area contributed by atoms with Crippen molar-refractivity contribution in [2.45, 2.75) is 6.04 Å². The fraction of sp³-hybridized carbons (Fsp3) is 0.0833. The van der Waals surface area contributed by atoms with Crippen LogP contribution in [-0.4, -0.2) is 23.6 Å². The number of benzene rings is 3. The van der Waals surface area contributed by atoms with Crippen LogP contribution in [0.5, 0.6) is 11.5 Å². The Labute approximate surface area is 187 Å². The summed E-state index contributed by atoms with van der Waals surface area (Å²) < 4.78 is 24.1. The third-order valence-electron chi connectivity index (χ3n) is 5.38. The zero-order valence-electron chi connectivity index (χ0n) is 16.4. The lowest BCUT2D eigenvalue weighted by Gasteiger charge is -2.25. The van der Waals surface area contributed by atoms with Crippen molar-refractivity contribution in [3.8, 4) is 11.5 Å². The lowest BCUT2D eigenvalue weighted by molar-refractivity contribution is -0.132. The molecule has 0 spiro atoms. The molecule has 3 aromatic rings. The van der Waals surface area contributed by atoms with Crippen molar-refractivity contribution in [3.05, 3.63) is 94.3 Å². The number of ketones is 1. The highest BCUT2D eigenvalue weighted by Crippen LogP contribution is 2.45. The Hall–Kier alpha value is -3.84. The van der Waals surface area contributed by atoms with Gasteiger partial charge in [-0.25, -0.2) is 4.39 Å². The molecule has 1 atom stereocenters. The predicted octanol–water partition coefficient (Wildman–Crippen LogP) is 4.83. The number of aliphatic hydroxyl groups excluding tert-OH is 1. The van der Waals surface area contributed by atoms with Crippen LogP contribution in [0.25, 0.3) is 5.76 Å². The molecule has 0 bridgehead atoms. The largest absolute Gasteiger partial charge is 0.507 e. The van der Waals surface area contributed by atoms with Gasteiger partial charge in [0.1, 0.15) is 11.6 Å². The lowest BCUT2D eigenvalue weighted by atomic mass is 9.95. The van der Waals surface area contributed by atoms with Crippen molar-refractivity contribution in [2.24, 2.45) is 0 Å². The third kappa shape index (κ3) is 3.27. The molecule has 1 fully saturated rings. The molecule has 8 heteroatoms. The summed E-state index contributed by atoms with van der Waals surface area (Å²) in [5, 5.41) is 11.5. The summed E-state index contributed by atoms with van der Waals surface area (Å²) in [7, 11) is 0. The Balaban J connectivity index is 1.70. The number of amides is 1. The van der Waals surface area contributed by atoms with E-state index in [1.54, 1.807) is 42.5 Å². The first-order valence-electron chi connectivity index (χ1n) is 9.66. The Morgan fingerprint density at radius 1 is 0.969 bits per heavy atom. The minimum absolute atomic E-state index is 0.0583. The molecule has 0 aromatic heterocycles. The van der Waals surface area contributed by atoms with Gasteiger partial charge in [0.2, 0.25) is 6.79 Å². The first-order valence-corrected chi connectivity index (χ1v) is 10.0. The predicted molar refractivity (Wildman–Crippen MR) is 115 cm³/mol. The highest BCUT2D eigenvalue weighted by molar-refractivity contribution is 6.51. The van der Waals surface area contributed by atoms with Crippen molar-refractivity contribution in [3.63, 3.8) is 0 Å². The van der Waals surface area contributed by atoms with Gasteiger partial charge in [0, 0.05) is 22.3 Å². The van der Waals surface area contributed by atoms with Gasteiger partial charge in [-0.3, -0.25) is 14.5 Å². The van der Waals surface area contributed by atoms with Crippen LogP contribution < -0.4 is 14.4 Å². The van der Waals surface area contributed by atoms with Crippen LogP contribution in [0.2, 0.25) is 5.02 Å². The quantitative estimate of drug-likeness (QED) is 0.350. The molecule has 2 aliphatic heterocycles. The van der Waals surface area contributed by atoms with Crippen molar-refractivity contribution in [1.82, 2.24) is 0 Å². The van der Waals surface area contributed by atoms with E-state index < -0.39 is 29.3 Å². The maximum atomic E-state index is 13.4. The monoisotopic (exact) mass is 451 g/mol. The van der Waals surface area contributed by atoms with E-state index in [0.717, 1.165) is 0 Å². The van der Waals surface area contributed by atoms with Crippen molar-refractivity contribution < 1.29 is 28.6 Å². The molecule has 1 N–H and O–H groups in total. The van der Waals surface area contributed by atoms with Gasteiger partial charge < -0.3 is 14.6 Å². The summed E-state index contributed by atoms with van der Waals surface area (Å²) in [5.74, 6) is -1.59. The summed E-state index contributed by atoms with van der Waals surface area (Å²) in [5.41, 5.74) is 1.07. The minimum atomic E-state index is -0.933. The van der Waals surface area contributed by atoms with Crippen molar-refractivity contribution in [1.29, 1.82) is 0 Å². The molecule has 1 unspecified atom stereocenters. The second-order valence-corrected chi connectivity index (χ2v) is 7.70. The van der Waals surface area contributed by atoms with E-state index in [9.17, 15) is 19.1 Å². The maximum absolute atomic E-state index is 13.4. The number of anilines is 1. The molecule has 0 saturated carbocycles. The molecule has 1 amide bonds. The van der Waals surface area contributed by atoms with Crippen LogP contribution in [0, 0.1) is 5.82 Å². The fourth-order valence-corrected chi connectivity index (χ4v) is 3.98. The molecule has 3 aromatic carbocycles. The minimum Gasteiger partial charge on any atom is -0.507 e. The van der Waals surface area contributed by atoms with Crippen LogP contribution >= 0.6 is 11.6 Å². The summed E-state index contributed by atoms with van der Waals surface area (Å²) in [4.78, 5) is 27.5. The fourth-order valence-electron chi connectivity index (χ4n) is 3.86. The standard InChI is InChI=1S/C24H15ClFNO5/c25-15-5-1-13(2-6-15)21-20(22(28)14-3-7-16(26)8-4-14)23(29)24(30)27(21)17-9-10-18-19(11-17)32-12-31-18/h1-11,21,28H,12H2/b22-20+. The maximum Gasteiger partial charge on any atom is 0.300 e. The van der Waals surface area contributed by atoms with Gasteiger partial charge in [-0.2, -0.15) is 0 Å². The Morgan fingerprint density at radius 2 is 1.66 bits per heavy atom. The number of carbonyl (C=O) groups is 2. The summed E-state index contributed by atoms with van der Waals surface area (Å²) in [6.07, 6.45) is 0. The molecule has 1 saturated heterocycles. The number of nitrogens with zero attached hydrogens (tertiary/aromatic N) is 1. The Kier molecular flexibility index (Phi) is 4.83. The lowest BCUT2D eigenvalue weighted by Crippen LogP contribution is -2.29. The number of aliphatic hydroxyl groups is 1. The average Bonchev–Trinajstić information content (AvgIpc) is 3.36. The van der Waals surface area contributed by atoms with Gasteiger partial charge in [0.15, 0.2) is 11.5 Å².